The van der Waals surface area contributed by atoms with Gasteiger partial charge >= 0.3 is 0 Å². The molecule has 2 atom stereocenters. The lowest BCUT2D eigenvalue weighted by molar-refractivity contribution is 0.296. The maximum absolute atomic E-state index is 11.9. The van der Waals surface area contributed by atoms with Gasteiger partial charge in [0, 0.05) is 6.04 Å². The molecule has 0 spiro atoms. The summed E-state index contributed by atoms with van der Waals surface area (Å²) in [6.07, 6.45) is 7.56. The van der Waals surface area contributed by atoms with Gasteiger partial charge in [-0.05, 0) is 37.6 Å². The molecule has 0 heterocycles. The molecule has 2 aliphatic carbocycles. The lowest BCUT2D eigenvalue weighted by Crippen LogP contribution is -2.45. The number of hydrogen-bond acceptors (Lipinski definition) is 3. The Morgan fingerprint density at radius 3 is 2.39 bits per heavy atom. The van der Waals surface area contributed by atoms with Gasteiger partial charge in [0.2, 0.25) is 10.0 Å². The Bertz CT molecular complexity index is 344. The van der Waals surface area contributed by atoms with Crippen molar-refractivity contribution in [2.45, 2.75) is 51.0 Å². The minimum Gasteiger partial charge on any atom is -0.330 e. The summed E-state index contributed by atoms with van der Waals surface area (Å²) in [5.41, 5.74) is 5.71. The zero-order chi connectivity index (χ0) is 12.3. The Morgan fingerprint density at radius 2 is 1.78 bits per heavy atom. The summed E-state index contributed by atoms with van der Waals surface area (Å²) < 4.78 is 26.8. The van der Waals surface area contributed by atoms with E-state index in [-0.39, 0.29) is 18.4 Å². The highest BCUT2D eigenvalue weighted by molar-refractivity contribution is 7.89. The quantitative estimate of drug-likeness (QED) is 0.783. The van der Waals surface area contributed by atoms with Crippen LogP contribution >= 0.6 is 12.4 Å². The zero-order valence-electron chi connectivity index (χ0n) is 10.8. The Hall–Kier alpha value is 0.160. The van der Waals surface area contributed by atoms with E-state index in [1.165, 1.54) is 19.3 Å². The molecule has 2 fully saturated rings. The van der Waals surface area contributed by atoms with Crippen LogP contribution in [0, 0.1) is 11.8 Å². The summed E-state index contributed by atoms with van der Waals surface area (Å²) in [4.78, 5) is 0. The molecule has 108 valence electrons. The van der Waals surface area contributed by atoms with Crippen molar-refractivity contribution in [3.8, 4) is 0 Å². The standard InChI is InChI=1S/C12H24N2O2S.ClH/c13-9-11-3-1-2-4-12(11)14-17(15,16)8-7-10-5-6-10;/h10-12,14H,1-9,13H2;1H. The molecule has 0 radical (unpaired) electrons. The SMILES string of the molecule is Cl.NCC1CCCCC1NS(=O)(=O)CCC1CC1. The van der Waals surface area contributed by atoms with E-state index < -0.39 is 10.0 Å². The van der Waals surface area contributed by atoms with Gasteiger partial charge < -0.3 is 5.73 Å². The van der Waals surface area contributed by atoms with Crippen molar-refractivity contribution in [2.75, 3.05) is 12.3 Å². The Morgan fingerprint density at radius 1 is 1.11 bits per heavy atom. The molecule has 2 unspecified atom stereocenters. The van der Waals surface area contributed by atoms with Crippen molar-refractivity contribution < 1.29 is 8.42 Å². The van der Waals surface area contributed by atoms with Crippen LogP contribution in [-0.4, -0.2) is 26.8 Å². The predicted molar refractivity (Wildman–Crippen MR) is 76.3 cm³/mol. The topological polar surface area (TPSA) is 72.2 Å². The zero-order valence-corrected chi connectivity index (χ0v) is 12.4. The first kappa shape index (κ1) is 16.2. The van der Waals surface area contributed by atoms with Gasteiger partial charge in [0.05, 0.1) is 5.75 Å². The highest BCUT2D eigenvalue weighted by Crippen LogP contribution is 2.32. The maximum Gasteiger partial charge on any atom is 0.211 e. The maximum atomic E-state index is 11.9. The van der Waals surface area contributed by atoms with E-state index in [0.29, 0.717) is 24.1 Å². The fourth-order valence-corrected chi connectivity index (χ4v) is 4.20. The van der Waals surface area contributed by atoms with Crippen LogP contribution in [0.3, 0.4) is 0 Å². The van der Waals surface area contributed by atoms with Crippen LogP contribution in [0.4, 0.5) is 0 Å². The third-order valence-electron chi connectivity index (χ3n) is 4.03. The summed E-state index contributed by atoms with van der Waals surface area (Å²) >= 11 is 0. The van der Waals surface area contributed by atoms with Crippen molar-refractivity contribution in [1.82, 2.24) is 4.72 Å². The number of nitrogens with two attached hydrogens (primary N) is 1. The fourth-order valence-electron chi connectivity index (χ4n) is 2.66. The molecule has 0 amide bonds. The molecule has 3 N–H and O–H groups in total. The van der Waals surface area contributed by atoms with Gasteiger partial charge in [-0.3, -0.25) is 0 Å². The minimum atomic E-state index is -3.08. The third kappa shape index (κ3) is 5.03. The Balaban J connectivity index is 0.00000162. The molecular weight excluding hydrogens is 272 g/mol. The highest BCUT2D eigenvalue weighted by Gasteiger charge is 2.29. The summed E-state index contributed by atoms with van der Waals surface area (Å²) in [5.74, 6) is 1.30. The van der Waals surface area contributed by atoms with Crippen LogP contribution in [0.15, 0.2) is 0 Å². The first-order valence-corrected chi connectivity index (χ1v) is 8.46. The molecule has 2 aliphatic rings. The first-order chi connectivity index (χ1) is 8.11. The molecule has 2 saturated carbocycles. The van der Waals surface area contributed by atoms with Gasteiger partial charge in [0.25, 0.3) is 0 Å². The van der Waals surface area contributed by atoms with Crippen LogP contribution in [-0.2, 0) is 10.0 Å². The van der Waals surface area contributed by atoms with Gasteiger partial charge in [0.15, 0.2) is 0 Å². The number of nitrogens with one attached hydrogen (secondary N) is 1. The molecule has 4 nitrogen and oxygen atoms in total. The number of sulfonamides is 1. The third-order valence-corrected chi connectivity index (χ3v) is 5.47. The summed E-state index contributed by atoms with van der Waals surface area (Å²) in [7, 11) is -3.08. The van der Waals surface area contributed by atoms with E-state index in [1.54, 1.807) is 0 Å². The predicted octanol–water partition coefficient (Wildman–Crippen LogP) is 1.65. The van der Waals surface area contributed by atoms with Crippen LogP contribution in [0.5, 0.6) is 0 Å². The molecule has 0 saturated heterocycles. The largest absolute Gasteiger partial charge is 0.330 e. The smallest absolute Gasteiger partial charge is 0.211 e. The summed E-state index contributed by atoms with van der Waals surface area (Å²) in [6, 6.07) is 0.0814. The average Bonchev–Trinajstić information content (AvgIpc) is 3.11. The average molecular weight is 297 g/mol. The second kappa shape index (κ2) is 7.08. The van der Waals surface area contributed by atoms with Gasteiger partial charge in [0.1, 0.15) is 0 Å². The molecule has 0 aromatic carbocycles. The van der Waals surface area contributed by atoms with Crippen molar-refractivity contribution in [1.29, 1.82) is 0 Å². The molecular formula is C12H25ClN2O2S. The molecule has 6 heteroatoms. The Labute approximate surface area is 117 Å². The van der Waals surface area contributed by atoms with E-state index in [9.17, 15) is 8.42 Å². The molecule has 0 bridgehead atoms. The van der Waals surface area contributed by atoms with Crippen LogP contribution in [0.25, 0.3) is 0 Å². The van der Waals surface area contributed by atoms with E-state index in [4.69, 9.17) is 5.73 Å². The second-order valence-electron chi connectivity index (χ2n) is 5.56. The lowest BCUT2D eigenvalue weighted by Gasteiger charge is -2.31. The summed E-state index contributed by atoms with van der Waals surface area (Å²) in [5, 5.41) is 0. The lowest BCUT2D eigenvalue weighted by atomic mass is 9.85. The van der Waals surface area contributed by atoms with E-state index in [2.05, 4.69) is 4.72 Å². The van der Waals surface area contributed by atoms with E-state index in [0.717, 1.165) is 25.7 Å². The normalized spacial score (nSPS) is 28.7. The van der Waals surface area contributed by atoms with Crippen molar-refractivity contribution in [2.24, 2.45) is 17.6 Å². The number of hydrogen-bond donors (Lipinski definition) is 2. The van der Waals surface area contributed by atoms with Crippen molar-refractivity contribution in [3.63, 3.8) is 0 Å². The van der Waals surface area contributed by atoms with Gasteiger partial charge in [-0.2, -0.15) is 0 Å². The Kier molecular flexibility index (Phi) is 6.38. The summed E-state index contributed by atoms with van der Waals surface area (Å²) in [6.45, 7) is 0.593. The highest BCUT2D eigenvalue weighted by atomic mass is 35.5. The molecule has 0 aliphatic heterocycles. The fraction of sp³-hybridized carbons (Fsp3) is 1.00. The molecule has 2 rings (SSSR count). The number of rotatable bonds is 6. The van der Waals surface area contributed by atoms with Gasteiger partial charge in [-0.25, -0.2) is 13.1 Å². The molecule has 0 aromatic rings. The van der Waals surface area contributed by atoms with Crippen molar-refractivity contribution in [3.05, 3.63) is 0 Å². The van der Waals surface area contributed by atoms with E-state index >= 15 is 0 Å². The second-order valence-corrected chi connectivity index (χ2v) is 7.43. The number of halogens is 1. The van der Waals surface area contributed by atoms with Crippen LogP contribution < -0.4 is 10.5 Å². The molecule has 18 heavy (non-hydrogen) atoms. The van der Waals surface area contributed by atoms with Gasteiger partial charge in [-0.1, -0.05) is 25.7 Å². The van der Waals surface area contributed by atoms with Gasteiger partial charge in [-0.15, -0.1) is 12.4 Å². The monoisotopic (exact) mass is 296 g/mol. The van der Waals surface area contributed by atoms with Crippen molar-refractivity contribution >= 4 is 22.4 Å². The minimum absolute atomic E-state index is 0. The molecule has 0 aromatic heterocycles. The van der Waals surface area contributed by atoms with E-state index in [1.807, 2.05) is 0 Å². The van der Waals surface area contributed by atoms with Crippen LogP contribution in [0.2, 0.25) is 0 Å². The van der Waals surface area contributed by atoms with Crippen LogP contribution in [0.1, 0.15) is 44.9 Å². The first-order valence-electron chi connectivity index (χ1n) is 6.81.